The number of amides is 1. The predicted octanol–water partition coefficient (Wildman–Crippen LogP) is 3.95. The van der Waals surface area contributed by atoms with E-state index in [-0.39, 0.29) is 5.24 Å². The summed E-state index contributed by atoms with van der Waals surface area (Å²) in [7, 11) is 1.67. The topological polar surface area (TPSA) is 85.7 Å². The number of nitrogens with zero attached hydrogens (tertiary/aromatic N) is 4. The van der Waals surface area contributed by atoms with Gasteiger partial charge in [0.15, 0.2) is 0 Å². The summed E-state index contributed by atoms with van der Waals surface area (Å²) in [5.74, 6) is 2.27. The van der Waals surface area contributed by atoms with Gasteiger partial charge in [0, 0.05) is 30.0 Å². The molecule has 30 heavy (non-hydrogen) atoms. The lowest BCUT2D eigenvalue weighted by Gasteiger charge is -2.22. The number of imidazole rings is 1. The van der Waals surface area contributed by atoms with Crippen molar-refractivity contribution in [2.75, 3.05) is 26.0 Å². The average molecular weight is 424 g/mol. The van der Waals surface area contributed by atoms with E-state index in [1.807, 2.05) is 24.3 Å². The molecule has 0 spiro atoms. The zero-order chi connectivity index (χ0) is 21.1. The fraction of sp³-hybridized carbons (Fsp3) is 0.318. The lowest BCUT2D eigenvalue weighted by atomic mass is 10.1. The van der Waals surface area contributed by atoms with Crippen LogP contribution in [0.3, 0.4) is 0 Å². The standard InChI is InChI=1S/C22H25N5O2S/c1-3-26-20-9-8-15(19-14-30-22(28)27(25-19)11-5-10-23)13-18(20)24-21(26)16-6-4-7-17(12-16)29-2/h4,6-9,12-13H,3,5,10-11,14,23H2,1-2H3. The molecular weight excluding hydrogens is 398 g/mol. The van der Waals surface area contributed by atoms with Gasteiger partial charge in [0.25, 0.3) is 0 Å². The number of hydrazone groups is 1. The highest BCUT2D eigenvalue weighted by Crippen LogP contribution is 2.29. The van der Waals surface area contributed by atoms with Gasteiger partial charge in [0.2, 0.25) is 0 Å². The lowest BCUT2D eigenvalue weighted by Crippen LogP contribution is -2.31. The minimum absolute atomic E-state index is 0.0242. The third-order valence-electron chi connectivity index (χ3n) is 5.08. The molecule has 0 atom stereocenters. The molecule has 4 rings (SSSR count). The molecule has 8 heteroatoms. The Morgan fingerprint density at radius 3 is 2.83 bits per heavy atom. The van der Waals surface area contributed by atoms with E-state index in [4.69, 9.17) is 15.5 Å². The molecule has 3 aromatic rings. The summed E-state index contributed by atoms with van der Waals surface area (Å²) >= 11 is 1.27. The molecule has 0 bridgehead atoms. The van der Waals surface area contributed by atoms with Gasteiger partial charge in [-0.15, -0.1) is 0 Å². The highest BCUT2D eigenvalue weighted by atomic mass is 32.2. The van der Waals surface area contributed by atoms with Crippen LogP contribution < -0.4 is 10.5 Å². The van der Waals surface area contributed by atoms with E-state index >= 15 is 0 Å². The van der Waals surface area contributed by atoms with Crippen molar-refractivity contribution in [2.24, 2.45) is 10.8 Å². The summed E-state index contributed by atoms with van der Waals surface area (Å²) in [6.07, 6.45) is 0.729. The van der Waals surface area contributed by atoms with E-state index in [9.17, 15) is 4.79 Å². The Hall–Kier alpha value is -2.84. The van der Waals surface area contributed by atoms with Crippen molar-refractivity contribution in [3.8, 4) is 17.1 Å². The largest absolute Gasteiger partial charge is 0.497 e. The van der Waals surface area contributed by atoms with E-state index in [2.05, 4.69) is 34.8 Å². The number of aromatic nitrogens is 2. The Morgan fingerprint density at radius 2 is 2.07 bits per heavy atom. The van der Waals surface area contributed by atoms with Crippen LogP contribution in [-0.2, 0) is 6.54 Å². The fourth-order valence-electron chi connectivity index (χ4n) is 3.56. The number of aryl methyl sites for hydroxylation is 1. The van der Waals surface area contributed by atoms with Gasteiger partial charge in [0.05, 0.1) is 23.9 Å². The van der Waals surface area contributed by atoms with Crippen LogP contribution in [0.15, 0.2) is 47.6 Å². The van der Waals surface area contributed by atoms with Crippen molar-refractivity contribution in [3.05, 3.63) is 48.0 Å². The van der Waals surface area contributed by atoms with Gasteiger partial charge in [-0.05, 0) is 44.2 Å². The first-order chi connectivity index (χ1) is 14.6. The number of methoxy groups -OCH3 is 1. The highest BCUT2D eigenvalue weighted by Gasteiger charge is 2.22. The van der Waals surface area contributed by atoms with Crippen molar-refractivity contribution in [1.82, 2.24) is 14.6 Å². The maximum absolute atomic E-state index is 12.1. The van der Waals surface area contributed by atoms with Gasteiger partial charge in [-0.2, -0.15) is 5.10 Å². The molecule has 2 aromatic carbocycles. The molecular formula is C22H25N5O2S. The Balaban J connectivity index is 1.73. The van der Waals surface area contributed by atoms with Crippen molar-refractivity contribution in [3.63, 3.8) is 0 Å². The zero-order valence-corrected chi connectivity index (χ0v) is 18.0. The molecule has 0 saturated carbocycles. The van der Waals surface area contributed by atoms with Gasteiger partial charge in [0.1, 0.15) is 11.6 Å². The van der Waals surface area contributed by atoms with Crippen LogP contribution in [0.2, 0.25) is 0 Å². The molecule has 1 aliphatic rings. The van der Waals surface area contributed by atoms with Crippen LogP contribution in [0.1, 0.15) is 18.9 Å². The van der Waals surface area contributed by atoms with Crippen molar-refractivity contribution in [1.29, 1.82) is 0 Å². The third-order valence-corrected chi connectivity index (χ3v) is 5.96. The van der Waals surface area contributed by atoms with Gasteiger partial charge in [-0.1, -0.05) is 30.0 Å². The number of carbonyl (C=O) groups is 1. The smallest absolute Gasteiger partial charge is 0.302 e. The summed E-state index contributed by atoms with van der Waals surface area (Å²) in [5.41, 5.74) is 10.4. The van der Waals surface area contributed by atoms with E-state index < -0.39 is 0 Å². The molecule has 0 aliphatic carbocycles. The maximum atomic E-state index is 12.1. The van der Waals surface area contributed by atoms with Crippen LogP contribution in [-0.4, -0.2) is 51.5 Å². The maximum Gasteiger partial charge on any atom is 0.302 e. The average Bonchev–Trinajstić information content (AvgIpc) is 3.16. The van der Waals surface area contributed by atoms with Crippen LogP contribution in [0.5, 0.6) is 5.75 Å². The summed E-state index contributed by atoms with van der Waals surface area (Å²) in [4.78, 5) is 17.0. The number of fused-ring (bicyclic) bond motifs is 1. The molecule has 1 aromatic heterocycles. The first-order valence-electron chi connectivity index (χ1n) is 10.0. The molecule has 0 saturated heterocycles. The number of nitrogens with two attached hydrogens (primary N) is 1. The van der Waals surface area contributed by atoms with Crippen LogP contribution >= 0.6 is 11.8 Å². The second-order valence-electron chi connectivity index (χ2n) is 6.98. The zero-order valence-electron chi connectivity index (χ0n) is 17.2. The van der Waals surface area contributed by atoms with Crippen LogP contribution in [0.4, 0.5) is 4.79 Å². The third kappa shape index (κ3) is 3.93. The number of rotatable bonds is 7. The van der Waals surface area contributed by atoms with Crippen molar-refractivity contribution in [2.45, 2.75) is 19.9 Å². The molecule has 0 unspecified atom stereocenters. The first-order valence-corrected chi connectivity index (χ1v) is 11.0. The normalized spacial score (nSPS) is 14.3. The summed E-state index contributed by atoms with van der Waals surface area (Å²) in [6.45, 7) is 3.99. The predicted molar refractivity (Wildman–Crippen MR) is 122 cm³/mol. The molecule has 0 radical (unpaired) electrons. The quantitative estimate of drug-likeness (QED) is 0.622. The van der Waals surface area contributed by atoms with Crippen molar-refractivity contribution < 1.29 is 9.53 Å². The number of benzene rings is 2. The van der Waals surface area contributed by atoms with Crippen LogP contribution in [0, 0.1) is 0 Å². The molecule has 7 nitrogen and oxygen atoms in total. The minimum Gasteiger partial charge on any atom is -0.497 e. The molecule has 2 N–H and O–H groups in total. The molecule has 1 amide bonds. The fourth-order valence-corrected chi connectivity index (χ4v) is 4.32. The van der Waals surface area contributed by atoms with Gasteiger partial charge < -0.3 is 15.0 Å². The number of thioether (sulfide) groups is 1. The monoisotopic (exact) mass is 423 g/mol. The second kappa shape index (κ2) is 8.89. The summed E-state index contributed by atoms with van der Waals surface area (Å²) < 4.78 is 7.57. The number of hydrogen-bond donors (Lipinski definition) is 1. The Bertz CT molecular complexity index is 1110. The molecule has 1 aliphatic heterocycles. The SMILES string of the molecule is CCn1c(-c2cccc(OC)c2)nc2cc(C3=NN(CCCN)C(=O)SC3)ccc21. The van der Waals surface area contributed by atoms with E-state index in [1.165, 1.54) is 16.8 Å². The van der Waals surface area contributed by atoms with Gasteiger partial charge in [-0.3, -0.25) is 4.79 Å². The van der Waals surface area contributed by atoms with E-state index in [1.54, 1.807) is 7.11 Å². The van der Waals surface area contributed by atoms with Gasteiger partial charge in [-0.25, -0.2) is 9.99 Å². The lowest BCUT2D eigenvalue weighted by molar-refractivity contribution is 0.224. The number of hydrogen-bond acceptors (Lipinski definition) is 6. The number of carbonyl (C=O) groups excluding carboxylic acids is 1. The molecule has 0 fully saturated rings. The highest BCUT2D eigenvalue weighted by molar-refractivity contribution is 8.14. The van der Waals surface area contributed by atoms with E-state index in [0.29, 0.717) is 18.8 Å². The molecule has 2 heterocycles. The van der Waals surface area contributed by atoms with Gasteiger partial charge >= 0.3 is 5.24 Å². The summed E-state index contributed by atoms with van der Waals surface area (Å²) in [5, 5.41) is 6.08. The first kappa shape index (κ1) is 20.4. The Kier molecular flexibility index (Phi) is 6.06. The Morgan fingerprint density at radius 1 is 1.20 bits per heavy atom. The van der Waals surface area contributed by atoms with Crippen molar-refractivity contribution >= 4 is 33.7 Å². The molecule has 156 valence electrons. The minimum atomic E-state index is -0.0242. The Labute approximate surface area is 179 Å². The van der Waals surface area contributed by atoms with E-state index in [0.717, 1.165) is 52.4 Å². The van der Waals surface area contributed by atoms with Crippen LogP contribution in [0.25, 0.3) is 22.4 Å². The summed E-state index contributed by atoms with van der Waals surface area (Å²) in [6, 6.07) is 14.1. The second-order valence-corrected chi connectivity index (χ2v) is 7.91. The number of ether oxygens (including phenoxy) is 1.